The van der Waals surface area contributed by atoms with Gasteiger partial charge in [-0.25, -0.2) is 8.42 Å². The summed E-state index contributed by atoms with van der Waals surface area (Å²) in [6.07, 6.45) is -0.964. The Labute approximate surface area is 122 Å². The van der Waals surface area contributed by atoms with Gasteiger partial charge in [-0.1, -0.05) is 12.1 Å². The molecule has 7 nitrogen and oxygen atoms in total. The first-order valence-electron chi connectivity index (χ1n) is 6.14. The molecular formula is C13H16O7S. The van der Waals surface area contributed by atoms with Gasteiger partial charge >= 0.3 is 11.9 Å². The van der Waals surface area contributed by atoms with Crippen molar-refractivity contribution in [1.82, 2.24) is 0 Å². The van der Waals surface area contributed by atoms with E-state index in [1.165, 1.54) is 12.1 Å². The molecular weight excluding hydrogens is 300 g/mol. The van der Waals surface area contributed by atoms with Crippen molar-refractivity contribution in [1.29, 1.82) is 0 Å². The summed E-state index contributed by atoms with van der Waals surface area (Å²) in [6, 6.07) is 6.15. The van der Waals surface area contributed by atoms with E-state index in [0.717, 1.165) is 0 Å². The average Bonchev–Trinajstić information content (AvgIpc) is 2.37. The third-order valence-electron chi connectivity index (χ3n) is 2.67. The number of sulfone groups is 1. The molecule has 1 aromatic rings. The minimum Gasteiger partial charge on any atom is -0.494 e. The quantitative estimate of drug-likeness (QED) is 0.732. The molecule has 2 N–H and O–H groups in total. The maximum Gasteiger partial charge on any atom is 0.322 e. The van der Waals surface area contributed by atoms with Crippen LogP contribution in [0.4, 0.5) is 0 Å². The Morgan fingerprint density at radius 1 is 1.19 bits per heavy atom. The zero-order chi connectivity index (χ0) is 16.0. The fourth-order valence-electron chi connectivity index (χ4n) is 1.71. The molecule has 1 rings (SSSR count). The maximum absolute atomic E-state index is 12.0. The molecule has 116 valence electrons. The maximum atomic E-state index is 12.0. The Hall–Kier alpha value is -2.09. The van der Waals surface area contributed by atoms with Crippen LogP contribution in [0.3, 0.4) is 0 Å². The van der Waals surface area contributed by atoms with E-state index in [0.29, 0.717) is 17.9 Å². The summed E-state index contributed by atoms with van der Waals surface area (Å²) in [5.41, 5.74) is 0.370. The molecule has 0 bridgehead atoms. The summed E-state index contributed by atoms with van der Waals surface area (Å²) < 4.78 is 29.2. The second-order valence-corrected chi connectivity index (χ2v) is 6.49. The number of carboxylic acid groups (broad SMARTS) is 2. The molecule has 0 aliphatic rings. The van der Waals surface area contributed by atoms with Gasteiger partial charge in [-0.05, 0) is 24.6 Å². The largest absolute Gasteiger partial charge is 0.494 e. The minimum absolute atomic E-state index is 0.370. The van der Waals surface area contributed by atoms with Gasteiger partial charge in [0.25, 0.3) is 0 Å². The molecule has 8 heteroatoms. The van der Waals surface area contributed by atoms with Gasteiger partial charge in [-0.15, -0.1) is 0 Å². The Kier molecular flexibility index (Phi) is 5.71. The van der Waals surface area contributed by atoms with Crippen LogP contribution in [0.25, 0.3) is 0 Å². The lowest BCUT2D eigenvalue weighted by Crippen LogP contribution is -2.33. The summed E-state index contributed by atoms with van der Waals surface area (Å²) in [4.78, 5) is 21.5. The first-order chi connectivity index (χ1) is 9.76. The van der Waals surface area contributed by atoms with Crippen LogP contribution >= 0.6 is 0 Å². The molecule has 0 radical (unpaired) electrons. The molecule has 1 aromatic carbocycles. The predicted molar refractivity (Wildman–Crippen MR) is 73.9 cm³/mol. The van der Waals surface area contributed by atoms with Crippen LogP contribution < -0.4 is 4.74 Å². The number of rotatable bonds is 8. The van der Waals surface area contributed by atoms with Crippen molar-refractivity contribution in [2.24, 2.45) is 0 Å². The molecule has 0 spiro atoms. The minimum atomic E-state index is -4.12. The summed E-state index contributed by atoms with van der Waals surface area (Å²) in [5, 5.41) is 15.5. The fraction of sp³-hybridized carbons (Fsp3) is 0.385. The zero-order valence-corrected chi connectivity index (χ0v) is 12.2. The van der Waals surface area contributed by atoms with Gasteiger partial charge in [0.15, 0.2) is 15.1 Å². The third kappa shape index (κ3) is 5.07. The summed E-state index contributed by atoms with van der Waals surface area (Å²) in [7, 11) is -4.12. The zero-order valence-electron chi connectivity index (χ0n) is 11.4. The highest BCUT2D eigenvalue weighted by Crippen LogP contribution is 2.18. The number of carbonyl (C=O) groups is 2. The van der Waals surface area contributed by atoms with Gasteiger partial charge in [-0.3, -0.25) is 9.59 Å². The van der Waals surface area contributed by atoms with Gasteiger partial charge in [-0.2, -0.15) is 0 Å². The van der Waals surface area contributed by atoms with E-state index >= 15 is 0 Å². The lowest BCUT2D eigenvalue weighted by atomic mass is 10.2. The molecule has 0 fully saturated rings. The van der Waals surface area contributed by atoms with Crippen molar-refractivity contribution in [2.75, 3.05) is 6.61 Å². The summed E-state index contributed by atoms with van der Waals surface area (Å²) in [6.45, 7) is 2.28. The molecule has 0 aliphatic carbocycles. The van der Waals surface area contributed by atoms with Gasteiger partial charge < -0.3 is 14.9 Å². The van der Waals surface area contributed by atoms with Crippen LogP contribution in [-0.2, 0) is 25.2 Å². The number of carboxylic acids is 2. The number of ether oxygens (including phenoxy) is 1. The molecule has 0 aromatic heterocycles. The SMILES string of the molecule is CCOc1ccc(CS(=O)(=O)C(CC(=O)O)C(=O)O)cc1. The Bertz CT molecular complexity index is 604. The molecule has 21 heavy (non-hydrogen) atoms. The van der Waals surface area contributed by atoms with E-state index in [1.807, 2.05) is 6.92 Å². The molecule has 0 saturated heterocycles. The number of hydrogen-bond donors (Lipinski definition) is 2. The van der Waals surface area contributed by atoms with Crippen LogP contribution in [-0.4, -0.2) is 42.4 Å². The van der Waals surface area contributed by atoms with Crippen LogP contribution in [0, 0.1) is 0 Å². The van der Waals surface area contributed by atoms with E-state index in [-0.39, 0.29) is 0 Å². The Morgan fingerprint density at radius 3 is 2.19 bits per heavy atom. The number of benzene rings is 1. The first kappa shape index (κ1) is 17.0. The van der Waals surface area contributed by atoms with Crippen molar-refractivity contribution in [3.63, 3.8) is 0 Å². The van der Waals surface area contributed by atoms with E-state index in [1.54, 1.807) is 12.1 Å². The second-order valence-electron chi connectivity index (χ2n) is 4.31. The molecule has 1 atom stereocenters. The first-order valence-corrected chi connectivity index (χ1v) is 7.85. The van der Waals surface area contributed by atoms with E-state index in [9.17, 15) is 18.0 Å². The highest BCUT2D eigenvalue weighted by Gasteiger charge is 2.34. The van der Waals surface area contributed by atoms with E-state index < -0.39 is 39.2 Å². The summed E-state index contributed by atoms with van der Waals surface area (Å²) in [5.74, 6) is -3.11. The Balaban J connectivity index is 2.91. The number of hydrogen-bond acceptors (Lipinski definition) is 5. The van der Waals surface area contributed by atoms with Gasteiger partial charge in [0.2, 0.25) is 0 Å². The standard InChI is InChI=1S/C13H16O7S/c1-2-20-10-5-3-9(4-6-10)8-21(18,19)11(13(16)17)7-12(14)15/h3-6,11H,2,7-8H2,1H3,(H,14,15)(H,16,17). The lowest BCUT2D eigenvalue weighted by molar-refractivity contribution is -0.143. The third-order valence-corrected chi connectivity index (χ3v) is 4.64. The lowest BCUT2D eigenvalue weighted by Gasteiger charge is -2.12. The summed E-state index contributed by atoms with van der Waals surface area (Å²) >= 11 is 0. The van der Waals surface area contributed by atoms with Crippen molar-refractivity contribution >= 4 is 21.8 Å². The van der Waals surface area contributed by atoms with Gasteiger partial charge in [0, 0.05) is 0 Å². The molecule has 0 aliphatic heterocycles. The van der Waals surface area contributed by atoms with E-state index in [2.05, 4.69) is 0 Å². The average molecular weight is 316 g/mol. The smallest absolute Gasteiger partial charge is 0.322 e. The van der Waals surface area contributed by atoms with Crippen LogP contribution in [0.15, 0.2) is 24.3 Å². The highest BCUT2D eigenvalue weighted by atomic mass is 32.2. The van der Waals surface area contributed by atoms with Crippen molar-refractivity contribution < 1.29 is 33.0 Å². The predicted octanol–water partition coefficient (Wildman–Crippen LogP) is 0.928. The topological polar surface area (TPSA) is 118 Å². The van der Waals surface area contributed by atoms with E-state index in [4.69, 9.17) is 14.9 Å². The molecule has 1 unspecified atom stereocenters. The molecule has 0 saturated carbocycles. The van der Waals surface area contributed by atoms with Gasteiger partial charge in [0.1, 0.15) is 5.75 Å². The molecule has 0 amide bonds. The van der Waals surface area contributed by atoms with Gasteiger partial charge in [0.05, 0.1) is 18.8 Å². The normalized spacial score (nSPS) is 12.6. The van der Waals surface area contributed by atoms with Crippen molar-refractivity contribution in [2.45, 2.75) is 24.3 Å². The van der Waals surface area contributed by atoms with Crippen molar-refractivity contribution in [3.05, 3.63) is 29.8 Å². The number of aliphatic carboxylic acids is 2. The monoisotopic (exact) mass is 316 g/mol. The second kappa shape index (κ2) is 7.07. The van der Waals surface area contributed by atoms with Crippen LogP contribution in [0.1, 0.15) is 18.9 Å². The van der Waals surface area contributed by atoms with Crippen LogP contribution in [0.2, 0.25) is 0 Å². The fourth-order valence-corrected chi connectivity index (χ4v) is 3.27. The Morgan fingerprint density at radius 2 is 1.76 bits per heavy atom. The van der Waals surface area contributed by atoms with Crippen LogP contribution in [0.5, 0.6) is 5.75 Å². The van der Waals surface area contributed by atoms with Crippen molar-refractivity contribution in [3.8, 4) is 5.75 Å². The highest BCUT2D eigenvalue weighted by molar-refractivity contribution is 7.92. The molecule has 0 heterocycles.